The molecule has 1 aliphatic carbocycles. The maximum absolute atomic E-state index is 12.4. The molecule has 0 aromatic carbocycles. The molecule has 0 radical (unpaired) electrons. The van der Waals surface area contributed by atoms with Crippen LogP contribution in [0.5, 0.6) is 0 Å². The molecule has 1 aliphatic heterocycles. The van der Waals surface area contributed by atoms with E-state index < -0.39 is 0 Å². The van der Waals surface area contributed by atoms with Crippen LogP contribution in [0.15, 0.2) is 0 Å². The Morgan fingerprint density at radius 1 is 1.20 bits per heavy atom. The molecule has 20 heavy (non-hydrogen) atoms. The molecule has 4 heteroatoms. The highest BCUT2D eigenvalue weighted by molar-refractivity contribution is 5.81. The quantitative estimate of drug-likeness (QED) is 0.771. The number of nitrogens with zero attached hydrogens (tertiary/aromatic N) is 2. The Bertz CT molecular complexity index is 305. The van der Waals surface area contributed by atoms with Crippen LogP contribution in [0.25, 0.3) is 0 Å². The molecule has 1 amide bonds. The van der Waals surface area contributed by atoms with Gasteiger partial charge in [-0.25, -0.2) is 0 Å². The summed E-state index contributed by atoms with van der Waals surface area (Å²) in [4.78, 5) is 16.7. The van der Waals surface area contributed by atoms with Gasteiger partial charge in [0, 0.05) is 32.2 Å². The number of amides is 1. The minimum atomic E-state index is 0.0410. The molecule has 2 fully saturated rings. The van der Waals surface area contributed by atoms with Gasteiger partial charge < -0.3 is 10.2 Å². The van der Waals surface area contributed by atoms with Crippen LogP contribution in [0.1, 0.15) is 46.5 Å². The fourth-order valence-corrected chi connectivity index (χ4v) is 3.10. The normalized spacial score (nSPS) is 22.8. The van der Waals surface area contributed by atoms with E-state index in [2.05, 4.69) is 31.0 Å². The van der Waals surface area contributed by atoms with E-state index in [1.807, 2.05) is 4.90 Å². The van der Waals surface area contributed by atoms with Crippen LogP contribution < -0.4 is 5.32 Å². The van der Waals surface area contributed by atoms with E-state index in [9.17, 15) is 4.79 Å². The van der Waals surface area contributed by atoms with Gasteiger partial charge in [-0.1, -0.05) is 0 Å². The number of carbonyl (C=O) groups is 1. The standard InChI is InChI=1S/C16H31N3O/c1-4-18(5-2)16(20)13(3)19-10-8-15(9-11-19)17-12-14-6-7-14/h13-15,17H,4-12H2,1-3H3. The highest BCUT2D eigenvalue weighted by atomic mass is 16.2. The van der Waals surface area contributed by atoms with Crippen LogP contribution in [0.4, 0.5) is 0 Å². The molecule has 2 rings (SSSR count). The Kier molecular flexibility index (Phi) is 5.85. The molecule has 1 heterocycles. The SMILES string of the molecule is CCN(CC)C(=O)C(C)N1CCC(NCC2CC2)CC1. The summed E-state index contributed by atoms with van der Waals surface area (Å²) in [6.45, 7) is 11.1. The molecule has 0 aromatic heterocycles. The van der Waals surface area contributed by atoms with E-state index in [0.29, 0.717) is 11.9 Å². The van der Waals surface area contributed by atoms with Crippen molar-refractivity contribution in [3.05, 3.63) is 0 Å². The van der Waals surface area contributed by atoms with E-state index in [-0.39, 0.29) is 6.04 Å². The molecular weight excluding hydrogens is 250 g/mol. The first-order valence-electron chi connectivity index (χ1n) is 8.41. The summed E-state index contributed by atoms with van der Waals surface area (Å²) in [7, 11) is 0. The lowest BCUT2D eigenvalue weighted by molar-refractivity contribution is -0.136. The number of likely N-dealkylation sites (N-methyl/N-ethyl adjacent to an activating group) is 1. The Morgan fingerprint density at radius 2 is 1.80 bits per heavy atom. The molecule has 0 aromatic rings. The molecule has 0 bridgehead atoms. The molecular formula is C16H31N3O. The van der Waals surface area contributed by atoms with Gasteiger partial charge in [0.1, 0.15) is 0 Å². The Labute approximate surface area is 123 Å². The molecule has 1 atom stereocenters. The average Bonchev–Trinajstić information content (AvgIpc) is 3.30. The van der Waals surface area contributed by atoms with Crippen molar-refractivity contribution in [1.29, 1.82) is 0 Å². The van der Waals surface area contributed by atoms with E-state index >= 15 is 0 Å². The van der Waals surface area contributed by atoms with Gasteiger partial charge >= 0.3 is 0 Å². The molecule has 1 saturated heterocycles. The van der Waals surface area contributed by atoms with Gasteiger partial charge in [-0.05, 0) is 58.9 Å². The second-order valence-electron chi connectivity index (χ2n) is 6.35. The van der Waals surface area contributed by atoms with E-state index in [1.54, 1.807) is 0 Å². The largest absolute Gasteiger partial charge is 0.342 e. The van der Waals surface area contributed by atoms with Crippen molar-refractivity contribution >= 4 is 5.91 Å². The smallest absolute Gasteiger partial charge is 0.239 e. The lowest BCUT2D eigenvalue weighted by Crippen LogP contribution is -2.52. The number of hydrogen-bond donors (Lipinski definition) is 1. The fourth-order valence-electron chi connectivity index (χ4n) is 3.10. The predicted molar refractivity (Wildman–Crippen MR) is 82.7 cm³/mol. The van der Waals surface area contributed by atoms with Gasteiger partial charge in [0.05, 0.1) is 6.04 Å². The highest BCUT2D eigenvalue weighted by Crippen LogP contribution is 2.28. The monoisotopic (exact) mass is 281 g/mol. The topological polar surface area (TPSA) is 35.6 Å². The zero-order chi connectivity index (χ0) is 14.5. The minimum absolute atomic E-state index is 0.0410. The van der Waals surface area contributed by atoms with Gasteiger partial charge in [-0.15, -0.1) is 0 Å². The molecule has 0 spiro atoms. The molecule has 1 N–H and O–H groups in total. The van der Waals surface area contributed by atoms with Gasteiger partial charge in [0.2, 0.25) is 5.91 Å². The second-order valence-corrected chi connectivity index (χ2v) is 6.35. The lowest BCUT2D eigenvalue weighted by Gasteiger charge is -2.37. The maximum Gasteiger partial charge on any atom is 0.239 e. The summed E-state index contributed by atoms with van der Waals surface area (Å²) in [5, 5.41) is 3.70. The van der Waals surface area contributed by atoms with Crippen molar-refractivity contribution < 1.29 is 4.79 Å². The third-order valence-corrected chi connectivity index (χ3v) is 4.90. The number of nitrogens with one attached hydrogen (secondary N) is 1. The zero-order valence-electron chi connectivity index (χ0n) is 13.4. The summed E-state index contributed by atoms with van der Waals surface area (Å²) in [6.07, 6.45) is 5.20. The second kappa shape index (κ2) is 7.41. The lowest BCUT2D eigenvalue weighted by atomic mass is 10.0. The molecule has 4 nitrogen and oxygen atoms in total. The number of likely N-dealkylation sites (tertiary alicyclic amines) is 1. The van der Waals surface area contributed by atoms with E-state index in [0.717, 1.165) is 32.1 Å². The van der Waals surface area contributed by atoms with Gasteiger partial charge in [-0.3, -0.25) is 9.69 Å². The summed E-state index contributed by atoms with van der Waals surface area (Å²) < 4.78 is 0. The van der Waals surface area contributed by atoms with Crippen LogP contribution in [-0.2, 0) is 4.79 Å². The summed E-state index contributed by atoms with van der Waals surface area (Å²) in [5.74, 6) is 1.25. The van der Waals surface area contributed by atoms with Crippen LogP contribution in [0, 0.1) is 5.92 Å². The number of rotatable bonds is 7. The zero-order valence-corrected chi connectivity index (χ0v) is 13.4. The molecule has 1 saturated carbocycles. The molecule has 1 unspecified atom stereocenters. The Morgan fingerprint density at radius 3 is 2.30 bits per heavy atom. The molecule has 116 valence electrons. The third kappa shape index (κ3) is 4.19. The molecule has 2 aliphatic rings. The van der Waals surface area contributed by atoms with Crippen molar-refractivity contribution in [1.82, 2.24) is 15.1 Å². The maximum atomic E-state index is 12.4. The van der Waals surface area contributed by atoms with Gasteiger partial charge in [0.25, 0.3) is 0 Å². The van der Waals surface area contributed by atoms with Gasteiger partial charge in [0.15, 0.2) is 0 Å². The Balaban J connectivity index is 1.72. The summed E-state index contributed by atoms with van der Waals surface area (Å²) in [5.41, 5.74) is 0. The fraction of sp³-hybridized carbons (Fsp3) is 0.938. The Hall–Kier alpha value is -0.610. The van der Waals surface area contributed by atoms with Gasteiger partial charge in [-0.2, -0.15) is 0 Å². The first-order chi connectivity index (χ1) is 9.65. The number of carbonyl (C=O) groups excluding carboxylic acids is 1. The first-order valence-corrected chi connectivity index (χ1v) is 8.41. The van der Waals surface area contributed by atoms with Crippen molar-refractivity contribution in [2.45, 2.75) is 58.5 Å². The van der Waals surface area contributed by atoms with Crippen molar-refractivity contribution in [2.24, 2.45) is 5.92 Å². The first kappa shape index (κ1) is 15.8. The average molecular weight is 281 g/mol. The summed E-state index contributed by atoms with van der Waals surface area (Å²) >= 11 is 0. The van der Waals surface area contributed by atoms with Crippen molar-refractivity contribution in [3.63, 3.8) is 0 Å². The van der Waals surface area contributed by atoms with Crippen molar-refractivity contribution in [2.75, 3.05) is 32.7 Å². The van der Waals surface area contributed by atoms with E-state index in [1.165, 1.54) is 32.2 Å². The van der Waals surface area contributed by atoms with Crippen LogP contribution in [-0.4, -0.2) is 60.5 Å². The van der Waals surface area contributed by atoms with Crippen molar-refractivity contribution in [3.8, 4) is 0 Å². The third-order valence-electron chi connectivity index (χ3n) is 4.90. The minimum Gasteiger partial charge on any atom is -0.342 e. The number of piperidine rings is 1. The highest BCUT2D eigenvalue weighted by Gasteiger charge is 2.29. The summed E-state index contributed by atoms with van der Waals surface area (Å²) in [6, 6.07) is 0.710. The van der Waals surface area contributed by atoms with Crippen LogP contribution >= 0.6 is 0 Å². The van der Waals surface area contributed by atoms with Crippen LogP contribution in [0.2, 0.25) is 0 Å². The van der Waals surface area contributed by atoms with E-state index in [4.69, 9.17) is 0 Å². The number of hydrogen-bond acceptors (Lipinski definition) is 3. The predicted octanol–water partition coefficient (Wildman–Crippen LogP) is 1.71. The van der Waals surface area contributed by atoms with Crippen LogP contribution in [0.3, 0.4) is 0 Å².